The molecule has 1 aromatic heterocycles. The highest BCUT2D eigenvalue weighted by Gasteiger charge is 2.08. The van der Waals surface area contributed by atoms with E-state index in [1.807, 2.05) is 12.1 Å². The Morgan fingerprint density at radius 3 is 2.79 bits per heavy atom. The van der Waals surface area contributed by atoms with Gasteiger partial charge in [-0.15, -0.1) is 5.10 Å². The van der Waals surface area contributed by atoms with Crippen LogP contribution < -0.4 is 10.6 Å². The van der Waals surface area contributed by atoms with Crippen molar-refractivity contribution in [1.29, 1.82) is 0 Å². The second-order valence-corrected chi connectivity index (χ2v) is 3.29. The summed E-state index contributed by atoms with van der Waals surface area (Å²) >= 11 is 0. The third-order valence-corrected chi connectivity index (χ3v) is 2.30. The van der Waals surface area contributed by atoms with Gasteiger partial charge in [-0.2, -0.15) is 5.10 Å². The van der Waals surface area contributed by atoms with E-state index < -0.39 is 0 Å². The van der Waals surface area contributed by atoms with Crippen LogP contribution in [0.25, 0.3) is 0 Å². The summed E-state index contributed by atoms with van der Waals surface area (Å²) in [6.07, 6.45) is 5.43. The molecule has 74 valence electrons. The van der Waals surface area contributed by atoms with E-state index in [1.54, 1.807) is 0 Å². The molecule has 0 bridgehead atoms. The number of hydrogen-bond donors (Lipinski definition) is 1. The molecule has 1 aliphatic rings. The molecule has 0 spiro atoms. The maximum absolute atomic E-state index is 5.45. The molecule has 0 radical (unpaired) electrons. The van der Waals surface area contributed by atoms with E-state index in [-0.39, 0.29) is 0 Å². The molecule has 0 saturated heterocycles. The monoisotopic (exact) mass is 190 g/mol. The van der Waals surface area contributed by atoms with Gasteiger partial charge in [0.15, 0.2) is 5.82 Å². The first-order valence-electron chi connectivity index (χ1n) is 4.83. The number of nitrogens with two attached hydrogens (primary N) is 1. The Balaban J connectivity index is 2.12. The summed E-state index contributed by atoms with van der Waals surface area (Å²) in [5.74, 6) is 0.937. The third kappa shape index (κ3) is 1.90. The lowest BCUT2D eigenvalue weighted by Gasteiger charge is -2.23. The fourth-order valence-corrected chi connectivity index (χ4v) is 1.48. The Morgan fingerprint density at radius 1 is 1.29 bits per heavy atom. The van der Waals surface area contributed by atoms with Gasteiger partial charge in [-0.25, -0.2) is 0 Å². The van der Waals surface area contributed by atoms with Crippen molar-refractivity contribution in [2.24, 2.45) is 5.73 Å². The number of aromatic nitrogens is 2. The molecule has 0 unspecified atom stereocenters. The summed E-state index contributed by atoms with van der Waals surface area (Å²) < 4.78 is 0. The summed E-state index contributed by atoms with van der Waals surface area (Å²) in [4.78, 5) is 2.20. The quantitative estimate of drug-likeness (QED) is 0.697. The molecule has 0 amide bonds. The van der Waals surface area contributed by atoms with Crippen LogP contribution in [0, 0.1) is 0 Å². The molecule has 2 rings (SSSR count). The number of hydrogen-bond acceptors (Lipinski definition) is 4. The van der Waals surface area contributed by atoms with E-state index in [0.29, 0.717) is 6.54 Å². The molecule has 0 fully saturated rings. The lowest BCUT2D eigenvalue weighted by atomic mass is 10.2. The lowest BCUT2D eigenvalue weighted by molar-refractivity contribution is 0.780. The van der Waals surface area contributed by atoms with Gasteiger partial charge in [0.1, 0.15) is 0 Å². The normalized spacial score (nSPS) is 15.9. The maximum Gasteiger partial charge on any atom is 0.151 e. The zero-order chi connectivity index (χ0) is 9.80. The SMILES string of the molecule is NCc1ccc(N2CC=CCC2)nn1. The standard InChI is InChI=1S/C10H14N4/c11-8-9-4-5-10(13-12-9)14-6-2-1-3-7-14/h1-2,4-5H,3,6-8,11H2. The van der Waals surface area contributed by atoms with E-state index in [1.165, 1.54) is 0 Å². The molecule has 0 atom stereocenters. The van der Waals surface area contributed by atoms with Gasteiger partial charge >= 0.3 is 0 Å². The highest BCUT2D eigenvalue weighted by molar-refractivity contribution is 5.39. The van der Waals surface area contributed by atoms with E-state index in [2.05, 4.69) is 27.2 Å². The van der Waals surface area contributed by atoms with Crippen LogP contribution in [0.2, 0.25) is 0 Å². The van der Waals surface area contributed by atoms with Crippen LogP contribution in [-0.2, 0) is 6.54 Å². The van der Waals surface area contributed by atoms with Crippen LogP contribution in [0.1, 0.15) is 12.1 Å². The van der Waals surface area contributed by atoms with Crippen molar-refractivity contribution >= 4 is 5.82 Å². The zero-order valence-corrected chi connectivity index (χ0v) is 8.06. The van der Waals surface area contributed by atoms with Crippen LogP contribution >= 0.6 is 0 Å². The summed E-state index contributed by atoms with van der Waals surface area (Å²) in [6.45, 7) is 2.40. The van der Waals surface area contributed by atoms with Gasteiger partial charge in [-0.05, 0) is 18.6 Å². The average molecular weight is 190 g/mol. The zero-order valence-electron chi connectivity index (χ0n) is 8.06. The van der Waals surface area contributed by atoms with Crippen molar-refractivity contribution in [2.45, 2.75) is 13.0 Å². The predicted molar refractivity (Wildman–Crippen MR) is 55.9 cm³/mol. The van der Waals surface area contributed by atoms with Crippen molar-refractivity contribution in [1.82, 2.24) is 10.2 Å². The van der Waals surface area contributed by atoms with Crippen LogP contribution in [0.5, 0.6) is 0 Å². The summed E-state index contributed by atoms with van der Waals surface area (Å²) in [7, 11) is 0. The Labute approximate surface area is 83.4 Å². The van der Waals surface area contributed by atoms with Gasteiger partial charge in [-0.1, -0.05) is 12.2 Å². The third-order valence-electron chi connectivity index (χ3n) is 2.30. The van der Waals surface area contributed by atoms with Crippen LogP contribution in [0.4, 0.5) is 5.82 Å². The maximum atomic E-state index is 5.45. The molecule has 1 aliphatic heterocycles. The fraction of sp³-hybridized carbons (Fsp3) is 0.400. The molecule has 1 aromatic rings. The van der Waals surface area contributed by atoms with Crippen molar-refractivity contribution < 1.29 is 0 Å². The first kappa shape index (κ1) is 9.15. The Kier molecular flexibility index (Phi) is 2.74. The minimum absolute atomic E-state index is 0.452. The van der Waals surface area contributed by atoms with Gasteiger partial charge in [0, 0.05) is 19.6 Å². The van der Waals surface area contributed by atoms with E-state index in [4.69, 9.17) is 5.73 Å². The first-order chi connectivity index (χ1) is 6.90. The first-order valence-corrected chi connectivity index (χ1v) is 4.83. The van der Waals surface area contributed by atoms with Gasteiger partial charge in [0.05, 0.1) is 5.69 Å². The summed E-state index contributed by atoms with van der Waals surface area (Å²) in [5, 5.41) is 8.17. The Hall–Kier alpha value is -1.42. The van der Waals surface area contributed by atoms with Gasteiger partial charge in [-0.3, -0.25) is 0 Å². The molecular weight excluding hydrogens is 176 g/mol. The topological polar surface area (TPSA) is 55.0 Å². The van der Waals surface area contributed by atoms with Crippen LogP contribution in [0.3, 0.4) is 0 Å². The Morgan fingerprint density at radius 2 is 2.21 bits per heavy atom. The van der Waals surface area contributed by atoms with Crippen molar-refractivity contribution in [2.75, 3.05) is 18.0 Å². The van der Waals surface area contributed by atoms with Gasteiger partial charge in [0.25, 0.3) is 0 Å². The largest absolute Gasteiger partial charge is 0.351 e. The second kappa shape index (κ2) is 4.19. The second-order valence-electron chi connectivity index (χ2n) is 3.29. The molecule has 2 N–H and O–H groups in total. The molecule has 14 heavy (non-hydrogen) atoms. The highest BCUT2D eigenvalue weighted by Crippen LogP contribution is 2.12. The number of nitrogens with zero attached hydrogens (tertiary/aromatic N) is 3. The minimum Gasteiger partial charge on any atom is -0.351 e. The minimum atomic E-state index is 0.452. The van der Waals surface area contributed by atoms with Gasteiger partial charge in [0.2, 0.25) is 0 Å². The number of rotatable bonds is 2. The van der Waals surface area contributed by atoms with Crippen LogP contribution in [-0.4, -0.2) is 23.3 Å². The molecule has 4 nitrogen and oxygen atoms in total. The Bertz CT molecular complexity index is 317. The molecule has 0 aliphatic carbocycles. The van der Waals surface area contributed by atoms with Gasteiger partial charge < -0.3 is 10.6 Å². The molecule has 0 saturated carbocycles. The van der Waals surface area contributed by atoms with E-state index in [0.717, 1.165) is 31.0 Å². The molecular formula is C10H14N4. The van der Waals surface area contributed by atoms with Crippen molar-refractivity contribution in [3.8, 4) is 0 Å². The van der Waals surface area contributed by atoms with Crippen molar-refractivity contribution in [3.05, 3.63) is 30.0 Å². The lowest BCUT2D eigenvalue weighted by Crippen LogP contribution is -2.27. The molecule has 0 aromatic carbocycles. The number of anilines is 1. The van der Waals surface area contributed by atoms with Crippen molar-refractivity contribution in [3.63, 3.8) is 0 Å². The summed E-state index contributed by atoms with van der Waals surface area (Å²) in [6, 6.07) is 3.91. The average Bonchev–Trinajstić information content (AvgIpc) is 2.30. The smallest absolute Gasteiger partial charge is 0.151 e. The molecule has 2 heterocycles. The predicted octanol–water partition coefficient (Wildman–Crippen LogP) is 0.702. The van der Waals surface area contributed by atoms with E-state index in [9.17, 15) is 0 Å². The molecule has 4 heteroatoms. The van der Waals surface area contributed by atoms with Crippen LogP contribution in [0.15, 0.2) is 24.3 Å². The van der Waals surface area contributed by atoms with E-state index >= 15 is 0 Å². The highest BCUT2D eigenvalue weighted by atomic mass is 15.3. The fourth-order valence-electron chi connectivity index (χ4n) is 1.48. The summed E-state index contributed by atoms with van der Waals surface area (Å²) in [5.41, 5.74) is 6.29.